The van der Waals surface area contributed by atoms with Crippen LogP contribution in [0, 0.1) is 24.2 Å². The standard InChI is InChI=1S/C15H18ClN3O/c1-10(2)8-18-9-12(7-17)15(20)19-14-6-4-5-13(16)11(14)3/h4-6,9-10,18H,8H2,1-3H3,(H,19,20)/b12-9-. The van der Waals surface area contributed by atoms with Crippen molar-refractivity contribution in [2.45, 2.75) is 20.8 Å². The molecule has 4 nitrogen and oxygen atoms in total. The molecule has 0 aromatic heterocycles. The average Bonchev–Trinajstić information content (AvgIpc) is 2.39. The molecule has 0 spiro atoms. The molecular weight excluding hydrogens is 274 g/mol. The maximum atomic E-state index is 12.0. The van der Waals surface area contributed by atoms with Crippen LogP contribution in [0.25, 0.3) is 0 Å². The van der Waals surface area contributed by atoms with Gasteiger partial charge >= 0.3 is 0 Å². The number of hydrogen-bond acceptors (Lipinski definition) is 3. The zero-order chi connectivity index (χ0) is 15.1. The Morgan fingerprint density at radius 2 is 2.20 bits per heavy atom. The van der Waals surface area contributed by atoms with E-state index in [0.717, 1.165) is 5.56 Å². The summed E-state index contributed by atoms with van der Waals surface area (Å²) < 4.78 is 0. The molecule has 0 atom stereocenters. The lowest BCUT2D eigenvalue weighted by Gasteiger charge is -2.09. The van der Waals surface area contributed by atoms with E-state index in [1.165, 1.54) is 6.20 Å². The second kappa shape index (κ2) is 7.56. The largest absolute Gasteiger partial charge is 0.389 e. The number of nitrogens with one attached hydrogen (secondary N) is 2. The van der Waals surface area contributed by atoms with Crippen molar-refractivity contribution in [2.24, 2.45) is 5.92 Å². The molecule has 2 N–H and O–H groups in total. The lowest BCUT2D eigenvalue weighted by Crippen LogP contribution is -2.19. The first-order valence-electron chi connectivity index (χ1n) is 6.35. The highest BCUT2D eigenvalue weighted by molar-refractivity contribution is 6.31. The van der Waals surface area contributed by atoms with Gasteiger partial charge in [0.1, 0.15) is 11.6 Å². The molecular formula is C15H18ClN3O. The van der Waals surface area contributed by atoms with Crippen LogP contribution in [0.2, 0.25) is 5.02 Å². The third kappa shape index (κ3) is 4.60. The minimum atomic E-state index is -0.450. The van der Waals surface area contributed by atoms with Gasteiger partial charge in [-0.2, -0.15) is 5.26 Å². The van der Waals surface area contributed by atoms with Gasteiger partial charge in [0.25, 0.3) is 5.91 Å². The fourth-order valence-electron chi connectivity index (χ4n) is 1.48. The first kappa shape index (κ1) is 16.1. The average molecular weight is 292 g/mol. The predicted octanol–water partition coefficient (Wildman–Crippen LogP) is 3.24. The van der Waals surface area contributed by atoms with Crippen molar-refractivity contribution < 1.29 is 4.79 Å². The van der Waals surface area contributed by atoms with Crippen LogP contribution in [0.1, 0.15) is 19.4 Å². The van der Waals surface area contributed by atoms with Crippen molar-refractivity contribution in [3.8, 4) is 6.07 Å². The fourth-order valence-corrected chi connectivity index (χ4v) is 1.65. The summed E-state index contributed by atoms with van der Waals surface area (Å²) in [6.45, 7) is 6.60. The van der Waals surface area contributed by atoms with Gasteiger partial charge in [-0.1, -0.05) is 31.5 Å². The predicted molar refractivity (Wildman–Crippen MR) is 81.4 cm³/mol. The van der Waals surface area contributed by atoms with E-state index in [1.807, 2.05) is 26.8 Å². The lowest BCUT2D eigenvalue weighted by molar-refractivity contribution is -0.112. The van der Waals surface area contributed by atoms with Crippen molar-refractivity contribution in [1.29, 1.82) is 5.26 Å². The molecule has 20 heavy (non-hydrogen) atoms. The molecule has 106 valence electrons. The Labute approximate surface area is 124 Å². The van der Waals surface area contributed by atoms with Gasteiger partial charge in [0.15, 0.2) is 0 Å². The summed E-state index contributed by atoms with van der Waals surface area (Å²) in [5.41, 5.74) is 1.41. The smallest absolute Gasteiger partial charge is 0.267 e. The molecule has 0 heterocycles. The number of carbonyl (C=O) groups is 1. The van der Waals surface area contributed by atoms with E-state index in [4.69, 9.17) is 16.9 Å². The van der Waals surface area contributed by atoms with Crippen LogP contribution in [0.3, 0.4) is 0 Å². The van der Waals surface area contributed by atoms with Gasteiger partial charge in [-0.05, 0) is 30.5 Å². The molecule has 1 aromatic carbocycles. The zero-order valence-electron chi connectivity index (χ0n) is 11.8. The van der Waals surface area contributed by atoms with Gasteiger partial charge in [-0.15, -0.1) is 0 Å². The zero-order valence-corrected chi connectivity index (χ0v) is 12.6. The number of hydrogen-bond donors (Lipinski definition) is 2. The van der Waals surface area contributed by atoms with E-state index in [9.17, 15) is 4.79 Å². The quantitative estimate of drug-likeness (QED) is 0.646. The van der Waals surface area contributed by atoms with Crippen LogP contribution in [0.15, 0.2) is 30.0 Å². The molecule has 0 aliphatic carbocycles. The number of nitrogens with zero attached hydrogens (tertiary/aromatic N) is 1. The van der Waals surface area contributed by atoms with Gasteiger partial charge in [-0.25, -0.2) is 0 Å². The molecule has 1 rings (SSSR count). The van der Waals surface area contributed by atoms with Crippen LogP contribution < -0.4 is 10.6 Å². The van der Waals surface area contributed by atoms with Crippen LogP contribution in [-0.2, 0) is 4.79 Å². The van der Waals surface area contributed by atoms with Gasteiger partial charge < -0.3 is 10.6 Å². The monoisotopic (exact) mass is 291 g/mol. The normalized spacial score (nSPS) is 11.1. The molecule has 1 amide bonds. The molecule has 0 radical (unpaired) electrons. The Bertz CT molecular complexity index is 559. The van der Waals surface area contributed by atoms with Crippen molar-refractivity contribution in [3.63, 3.8) is 0 Å². The second-order valence-electron chi connectivity index (χ2n) is 4.84. The van der Waals surface area contributed by atoms with Crippen molar-refractivity contribution in [2.75, 3.05) is 11.9 Å². The minimum absolute atomic E-state index is 0.0324. The van der Waals surface area contributed by atoms with Crippen molar-refractivity contribution in [3.05, 3.63) is 40.6 Å². The summed E-state index contributed by atoms with van der Waals surface area (Å²) in [6, 6.07) is 7.12. The van der Waals surface area contributed by atoms with Gasteiger partial charge in [0, 0.05) is 23.5 Å². The number of amides is 1. The molecule has 5 heteroatoms. The lowest BCUT2D eigenvalue weighted by atomic mass is 10.2. The van der Waals surface area contributed by atoms with E-state index < -0.39 is 5.91 Å². The number of benzene rings is 1. The summed E-state index contributed by atoms with van der Waals surface area (Å²) >= 11 is 5.99. The molecule has 0 aliphatic heterocycles. The number of rotatable bonds is 5. The summed E-state index contributed by atoms with van der Waals surface area (Å²) in [5, 5.41) is 15.2. The van der Waals surface area contributed by atoms with Crippen molar-refractivity contribution >= 4 is 23.2 Å². The van der Waals surface area contributed by atoms with Crippen LogP contribution in [0.4, 0.5) is 5.69 Å². The minimum Gasteiger partial charge on any atom is -0.389 e. The van der Waals surface area contributed by atoms with Crippen LogP contribution in [0.5, 0.6) is 0 Å². The van der Waals surface area contributed by atoms with E-state index in [-0.39, 0.29) is 5.57 Å². The number of carbonyl (C=O) groups excluding carboxylic acids is 1. The van der Waals surface area contributed by atoms with Gasteiger partial charge in [-0.3, -0.25) is 4.79 Å². The van der Waals surface area contributed by atoms with Gasteiger partial charge in [0.2, 0.25) is 0 Å². The number of halogens is 1. The van der Waals surface area contributed by atoms with E-state index >= 15 is 0 Å². The Kier molecular flexibility index (Phi) is 6.08. The maximum absolute atomic E-state index is 12.0. The van der Waals surface area contributed by atoms with Crippen LogP contribution in [-0.4, -0.2) is 12.5 Å². The maximum Gasteiger partial charge on any atom is 0.267 e. The summed E-state index contributed by atoms with van der Waals surface area (Å²) in [7, 11) is 0. The van der Waals surface area contributed by atoms with E-state index in [2.05, 4.69) is 10.6 Å². The highest BCUT2D eigenvalue weighted by atomic mass is 35.5. The third-order valence-electron chi connectivity index (χ3n) is 2.65. The molecule has 0 saturated carbocycles. The summed E-state index contributed by atoms with van der Waals surface area (Å²) in [5.74, 6) is -0.0152. The highest BCUT2D eigenvalue weighted by Crippen LogP contribution is 2.23. The second-order valence-corrected chi connectivity index (χ2v) is 5.25. The molecule has 0 saturated heterocycles. The first-order chi connectivity index (χ1) is 9.45. The Balaban J connectivity index is 2.78. The molecule has 1 aromatic rings. The molecule has 0 aliphatic rings. The molecule has 0 bridgehead atoms. The number of nitriles is 1. The Morgan fingerprint density at radius 3 is 2.80 bits per heavy atom. The topological polar surface area (TPSA) is 64.9 Å². The van der Waals surface area contributed by atoms with Crippen LogP contribution >= 0.6 is 11.6 Å². The highest BCUT2D eigenvalue weighted by Gasteiger charge is 2.11. The van der Waals surface area contributed by atoms with Crippen molar-refractivity contribution in [1.82, 2.24) is 5.32 Å². The number of anilines is 1. The SMILES string of the molecule is Cc1c(Cl)cccc1NC(=O)/C(C#N)=C\NCC(C)C. The summed E-state index contributed by atoms with van der Waals surface area (Å²) in [6.07, 6.45) is 1.44. The Morgan fingerprint density at radius 1 is 1.50 bits per heavy atom. The first-order valence-corrected chi connectivity index (χ1v) is 6.73. The molecule has 0 fully saturated rings. The van der Waals surface area contributed by atoms with E-state index in [0.29, 0.717) is 23.2 Å². The molecule has 0 unspecified atom stereocenters. The summed E-state index contributed by atoms with van der Waals surface area (Å²) in [4.78, 5) is 12.0. The van der Waals surface area contributed by atoms with E-state index in [1.54, 1.807) is 18.2 Å². The third-order valence-corrected chi connectivity index (χ3v) is 3.06. The van der Waals surface area contributed by atoms with Gasteiger partial charge in [0.05, 0.1) is 0 Å². The fraction of sp³-hybridized carbons (Fsp3) is 0.333. The Hall–Kier alpha value is -1.99.